The van der Waals surface area contributed by atoms with E-state index < -0.39 is 0 Å². The number of nitrogens with zero attached hydrogens (tertiary/aromatic N) is 1. The van der Waals surface area contributed by atoms with Crippen molar-refractivity contribution in [3.63, 3.8) is 0 Å². The number of benzene rings is 1. The summed E-state index contributed by atoms with van der Waals surface area (Å²) in [4.78, 5) is 6.20. The van der Waals surface area contributed by atoms with Gasteiger partial charge in [-0.1, -0.05) is 37.3 Å². The standard InChI is InChI=1S/C16H20N2S/c1-2-13(17)16-18-14-9-8-12(10-15(14)19-16)11-6-4-3-5-7-11/h3-7,12-13H,2,8-10,17H2,1H3. The lowest BCUT2D eigenvalue weighted by Crippen LogP contribution is -2.11. The van der Waals surface area contributed by atoms with Gasteiger partial charge in [0.25, 0.3) is 0 Å². The molecule has 1 aromatic carbocycles. The average Bonchev–Trinajstić information content (AvgIpc) is 2.90. The highest BCUT2D eigenvalue weighted by Crippen LogP contribution is 2.36. The molecule has 2 nitrogen and oxygen atoms in total. The minimum Gasteiger partial charge on any atom is -0.322 e. The maximum Gasteiger partial charge on any atom is 0.110 e. The van der Waals surface area contributed by atoms with Crippen LogP contribution >= 0.6 is 11.3 Å². The first-order valence-corrected chi connectivity index (χ1v) is 7.88. The minimum absolute atomic E-state index is 0.116. The van der Waals surface area contributed by atoms with Crippen molar-refractivity contribution in [3.8, 4) is 0 Å². The Balaban J connectivity index is 1.82. The molecule has 1 aliphatic carbocycles. The normalized spacial score (nSPS) is 20.0. The summed E-state index contributed by atoms with van der Waals surface area (Å²) in [5.41, 5.74) is 8.86. The summed E-state index contributed by atoms with van der Waals surface area (Å²) < 4.78 is 0. The lowest BCUT2D eigenvalue weighted by molar-refractivity contribution is 0.582. The van der Waals surface area contributed by atoms with E-state index in [1.807, 2.05) is 11.3 Å². The summed E-state index contributed by atoms with van der Waals surface area (Å²) in [5, 5.41) is 1.13. The van der Waals surface area contributed by atoms with Crippen molar-refractivity contribution < 1.29 is 0 Å². The molecule has 1 aliphatic rings. The van der Waals surface area contributed by atoms with Crippen molar-refractivity contribution in [1.82, 2.24) is 4.98 Å². The van der Waals surface area contributed by atoms with E-state index in [2.05, 4.69) is 37.3 Å². The van der Waals surface area contributed by atoms with Gasteiger partial charge in [-0.25, -0.2) is 4.98 Å². The van der Waals surface area contributed by atoms with Crippen molar-refractivity contribution in [2.75, 3.05) is 0 Å². The summed E-state index contributed by atoms with van der Waals surface area (Å²) in [7, 11) is 0. The monoisotopic (exact) mass is 272 g/mol. The van der Waals surface area contributed by atoms with Gasteiger partial charge in [0.15, 0.2) is 0 Å². The van der Waals surface area contributed by atoms with Crippen molar-refractivity contribution in [1.29, 1.82) is 0 Å². The van der Waals surface area contributed by atoms with E-state index in [-0.39, 0.29) is 6.04 Å². The molecule has 1 aromatic heterocycles. The molecule has 100 valence electrons. The van der Waals surface area contributed by atoms with Crippen LogP contribution in [0.25, 0.3) is 0 Å². The van der Waals surface area contributed by atoms with Crippen molar-refractivity contribution in [2.45, 2.75) is 44.6 Å². The predicted molar refractivity (Wildman–Crippen MR) is 80.5 cm³/mol. The van der Waals surface area contributed by atoms with Crippen LogP contribution in [0.4, 0.5) is 0 Å². The van der Waals surface area contributed by atoms with E-state index in [1.54, 1.807) is 0 Å². The van der Waals surface area contributed by atoms with Gasteiger partial charge in [-0.15, -0.1) is 11.3 Å². The van der Waals surface area contributed by atoms with Crippen LogP contribution in [0.1, 0.15) is 52.9 Å². The minimum atomic E-state index is 0.116. The van der Waals surface area contributed by atoms with E-state index in [1.165, 1.54) is 22.6 Å². The third-order valence-corrected chi connectivity index (χ3v) is 5.24. The number of aromatic nitrogens is 1. The predicted octanol–water partition coefficient (Wildman–Crippen LogP) is 3.83. The molecular formula is C16H20N2S. The average molecular weight is 272 g/mol. The van der Waals surface area contributed by atoms with Crippen molar-refractivity contribution >= 4 is 11.3 Å². The van der Waals surface area contributed by atoms with Gasteiger partial charge in [0.1, 0.15) is 5.01 Å². The quantitative estimate of drug-likeness (QED) is 0.922. The van der Waals surface area contributed by atoms with Crippen LogP contribution in [-0.4, -0.2) is 4.98 Å². The number of aryl methyl sites for hydroxylation is 1. The summed E-state index contributed by atoms with van der Waals surface area (Å²) >= 11 is 1.83. The molecule has 19 heavy (non-hydrogen) atoms. The Kier molecular flexibility index (Phi) is 3.67. The second-order valence-electron chi connectivity index (χ2n) is 5.29. The third kappa shape index (κ3) is 2.58. The summed E-state index contributed by atoms with van der Waals surface area (Å²) in [5.74, 6) is 0.653. The topological polar surface area (TPSA) is 38.9 Å². The van der Waals surface area contributed by atoms with Crippen LogP contribution < -0.4 is 5.73 Å². The van der Waals surface area contributed by atoms with E-state index in [4.69, 9.17) is 10.7 Å². The van der Waals surface area contributed by atoms with Crippen LogP contribution in [0.15, 0.2) is 30.3 Å². The summed E-state index contributed by atoms with van der Waals surface area (Å²) in [6, 6.07) is 11.0. The molecule has 0 saturated heterocycles. The first-order valence-electron chi connectivity index (χ1n) is 7.07. The van der Waals surface area contributed by atoms with Crippen molar-refractivity contribution in [2.24, 2.45) is 5.73 Å². The van der Waals surface area contributed by atoms with Gasteiger partial charge in [0.2, 0.25) is 0 Å². The number of fused-ring (bicyclic) bond motifs is 1. The highest BCUT2D eigenvalue weighted by molar-refractivity contribution is 7.11. The first kappa shape index (κ1) is 12.8. The lowest BCUT2D eigenvalue weighted by Gasteiger charge is -2.21. The highest BCUT2D eigenvalue weighted by Gasteiger charge is 2.24. The second kappa shape index (κ2) is 5.43. The van der Waals surface area contributed by atoms with E-state index in [0.29, 0.717) is 5.92 Å². The van der Waals surface area contributed by atoms with Gasteiger partial charge >= 0.3 is 0 Å². The Morgan fingerprint density at radius 2 is 2.16 bits per heavy atom. The molecule has 0 spiro atoms. The third-order valence-electron chi connectivity index (χ3n) is 3.98. The molecule has 1 heterocycles. The molecule has 3 rings (SSSR count). The molecule has 2 unspecified atom stereocenters. The summed E-state index contributed by atoms with van der Waals surface area (Å²) in [6.45, 7) is 2.12. The zero-order valence-electron chi connectivity index (χ0n) is 11.3. The molecule has 2 aromatic rings. The Bertz CT molecular complexity index is 547. The molecule has 0 amide bonds. The van der Waals surface area contributed by atoms with Crippen molar-refractivity contribution in [3.05, 3.63) is 51.5 Å². The number of thiazole rings is 1. The molecule has 0 saturated carbocycles. The number of nitrogens with two attached hydrogens (primary N) is 1. The van der Waals surface area contributed by atoms with Crippen LogP contribution in [-0.2, 0) is 12.8 Å². The SMILES string of the molecule is CCC(N)c1nc2c(s1)CC(c1ccccc1)CC2. The lowest BCUT2D eigenvalue weighted by atomic mass is 9.85. The maximum atomic E-state index is 6.10. The molecule has 0 bridgehead atoms. The molecule has 0 radical (unpaired) electrons. The Hall–Kier alpha value is -1.19. The first-order chi connectivity index (χ1) is 9.28. The summed E-state index contributed by atoms with van der Waals surface area (Å²) in [6.07, 6.45) is 4.41. The Morgan fingerprint density at radius 1 is 1.37 bits per heavy atom. The smallest absolute Gasteiger partial charge is 0.110 e. The fraction of sp³-hybridized carbons (Fsp3) is 0.438. The molecular weight excluding hydrogens is 252 g/mol. The van der Waals surface area contributed by atoms with Gasteiger partial charge in [-0.05, 0) is 37.2 Å². The molecule has 2 N–H and O–H groups in total. The van der Waals surface area contributed by atoms with Crippen LogP contribution in [0.5, 0.6) is 0 Å². The van der Waals surface area contributed by atoms with Crippen LogP contribution in [0, 0.1) is 0 Å². The zero-order chi connectivity index (χ0) is 13.2. The molecule has 2 atom stereocenters. The number of rotatable bonds is 3. The fourth-order valence-electron chi connectivity index (χ4n) is 2.74. The Morgan fingerprint density at radius 3 is 2.89 bits per heavy atom. The van der Waals surface area contributed by atoms with Gasteiger partial charge in [0, 0.05) is 4.88 Å². The number of hydrogen-bond acceptors (Lipinski definition) is 3. The van der Waals surface area contributed by atoms with E-state index in [0.717, 1.165) is 24.3 Å². The fourth-order valence-corrected chi connectivity index (χ4v) is 4.01. The molecule has 0 aliphatic heterocycles. The van der Waals surface area contributed by atoms with Gasteiger partial charge < -0.3 is 5.73 Å². The second-order valence-corrected chi connectivity index (χ2v) is 6.40. The van der Waals surface area contributed by atoms with Gasteiger partial charge in [0.05, 0.1) is 11.7 Å². The molecule has 0 fully saturated rings. The number of hydrogen-bond donors (Lipinski definition) is 1. The van der Waals surface area contributed by atoms with Gasteiger partial charge in [-0.2, -0.15) is 0 Å². The van der Waals surface area contributed by atoms with E-state index in [9.17, 15) is 0 Å². The zero-order valence-corrected chi connectivity index (χ0v) is 12.1. The molecule has 3 heteroatoms. The van der Waals surface area contributed by atoms with Gasteiger partial charge in [-0.3, -0.25) is 0 Å². The Labute approximate surface area is 118 Å². The largest absolute Gasteiger partial charge is 0.322 e. The maximum absolute atomic E-state index is 6.10. The van der Waals surface area contributed by atoms with E-state index >= 15 is 0 Å². The van der Waals surface area contributed by atoms with Crippen LogP contribution in [0.2, 0.25) is 0 Å². The van der Waals surface area contributed by atoms with Crippen LogP contribution in [0.3, 0.4) is 0 Å². The highest BCUT2D eigenvalue weighted by atomic mass is 32.1.